The Labute approximate surface area is 197 Å². The first kappa shape index (κ1) is 28.7. The number of aliphatic carboxylic acids is 1. The summed E-state index contributed by atoms with van der Waals surface area (Å²) in [6.45, 7) is 13.2. The SMILES string of the molecule is CCC(C)[C@H](NC(=O)OC(C)(C)C)C(=O)NCC1CCC(C(=O)N[C@@H](C(=O)O)C(C)C)CC1. The van der Waals surface area contributed by atoms with E-state index in [0.29, 0.717) is 19.4 Å². The molecule has 9 nitrogen and oxygen atoms in total. The van der Waals surface area contributed by atoms with Crippen molar-refractivity contribution in [2.24, 2.45) is 23.7 Å². The van der Waals surface area contributed by atoms with Gasteiger partial charge in [0.05, 0.1) is 0 Å². The van der Waals surface area contributed by atoms with Crippen molar-refractivity contribution in [2.75, 3.05) is 6.54 Å². The third-order valence-corrected chi connectivity index (χ3v) is 6.18. The number of hydrogen-bond acceptors (Lipinski definition) is 5. The summed E-state index contributed by atoms with van der Waals surface area (Å²) < 4.78 is 5.29. The molecule has 0 aromatic heterocycles. The van der Waals surface area contributed by atoms with E-state index in [-0.39, 0.29) is 35.5 Å². The highest BCUT2D eigenvalue weighted by Gasteiger charge is 2.32. The first-order valence-corrected chi connectivity index (χ1v) is 12.1. The molecule has 1 unspecified atom stereocenters. The maximum atomic E-state index is 12.8. The fraction of sp³-hybridized carbons (Fsp3) is 0.833. The van der Waals surface area contributed by atoms with Crippen LogP contribution in [0.25, 0.3) is 0 Å². The van der Waals surface area contributed by atoms with Crippen LogP contribution in [0.5, 0.6) is 0 Å². The van der Waals surface area contributed by atoms with Crippen molar-refractivity contribution in [1.29, 1.82) is 0 Å². The predicted octanol–water partition coefficient (Wildman–Crippen LogP) is 3.07. The number of amides is 3. The second-order valence-corrected chi connectivity index (χ2v) is 10.5. The average molecular weight is 470 g/mol. The summed E-state index contributed by atoms with van der Waals surface area (Å²) in [5.74, 6) is -1.69. The molecule has 0 heterocycles. The first-order valence-electron chi connectivity index (χ1n) is 12.1. The Hall–Kier alpha value is -2.32. The number of carboxylic acids is 1. The number of nitrogens with one attached hydrogen (secondary N) is 3. The van der Waals surface area contributed by atoms with E-state index >= 15 is 0 Å². The van der Waals surface area contributed by atoms with Crippen LogP contribution in [0.3, 0.4) is 0 Å². The zero-order valence-corrected chi connectivity index (χ0v) is 21.2. The number of alkyl carbamates (subject to hydrolysis) is 1. The smallest absolute Gasteiger partial charge is 0.408 e. The van der Waals surface area contributed by atoms with E-state index in [1.54, 1.807) is 34.6 Å². The van der Waals surface area contributed by atoms with Gasteiger partial charge in [-0.1, -0.05) is 34.1 Å². The second-order valence-electron chi connectivity index (χ2n) is 10.5. The van der Waals surface area contributed by atoms with Crippen molar-refractivity contribution < 1.29 is 29.0 Å². The quantitative estimate of drug-likeness (QED) is 0.388. The Kier molecular flexibility index (Phi) is 11.1. The van der Waals surface area contributed by atoms with Crippen LogP contribution in [0, 0.1) is 23.7 Å². The van der Waals surface area contributed by atoms with Crippen molar-refractivity contribution >= 4 is 23.9 Å². The fourth-order valence-corrected chi connectivity index (χ4v) is 3.90. The summed E-state index contributed by atoms with van der Waals surface area (Å²) in [5, 5.41) is 17.6. The average Bonchev–Trinajstić information content (AvgIpc) is 2.72. The molecule has 3 atom stereocenters. The summed E-state index contributed by atoms with van der Waals surface area (Å²) >= 11 is 0. The number of carbonyl (C=O) groups excluding carboxylic acids is 3. The van der Waals surface area contributed by atoms with E-state index in [0.717, 1.165) is 19.3 Å². The topological polar surface area (TPSA) is 134 Å². The van der Waals surface area contributed by atoms with E-state index in [9.17, 15) is 24.3 Å². The molecule has 0 saturated heterocycles. The van der Waals surface area contributed by atoms with Gasteiger partial charge in [0.15, 0.2) is 0 Å². The Morgan fingerprint density at radius 2 is 1.55 bits per heavy atom. The molecule has 9 heteroatoms. The number of hydrogen-bond donors (Lipinski definition) is 4. The Morgan fingerprint density at radius 3 is 2.00 bits per heavy atom. The van der Waals surface area contributed by atoms with Crippen molar-refractivity contribution in [2.45, 2.75) is 98.3 Å². The van der Waals surface area contributed by atoms with Crippen LogP contribution in [0.1, 0.15) is 80.6 Å². The van der Waals surface area contributed by atoms with E-state index < -0.39 is 29.7 Å². The number of carboxylic acid groups (broad SMARTS) is 1. The molecule has 4 N–H and O–H groups in total. The lowest BCUT2D eigenvalue weighted by Gasteiger charge is -2.30. The van der Waals surface area contributed by atoms with Crippen LogP contribution in [-0.4, -0.2) is 53.2 Å². The Bertz CT molecular complexity index is 680. The number of carbonyl (C=O) groups is 4. The van der Waals surface area contributed by atoms with E-state index in [1.165, 1.54) is 0 Å². The molecule has 0 aromatic carbocycles. The molecular weight excluding hydrogens is 426 g/mol. The highest BCUT2D eigenvalue weighted by atomic mass is 16.6. The predicted molar refractivity (Wildman–Crippen MR) is 125 cm³/mol. The molecule has 0 aromatic rings. The van der Waals surface area contributed by atoms with Gasteiger partial charge in [-0.05, 0) is 64.2 Å². The standard InChI is InChI=1S/C24H43N3O6/c1-8-15(4)19(27-23(32)33-24(5,6)7)21(29)25-13-16-9-11-17(12-10-16)20(28)26-18(14(2)3)22(30)31/h14-19H,8-13H2,1-7H3,(H,25,29)(H,26,28)(H,27,32)(H,30,31)/t15?,16?,17?,18-,19+/m1/s1. The van der Waals surface area contributed by atoms with Gasteiger partial charge in [-0.25, -0.2) is 9.59 Å². The molecule has 0 radical (unpaired) electrons. The van der Waals surface area contributed by atoms with Gasteiger partial charge in [-0.3, -0.25) is 9.59 Å². The molecule has 33 heavy (non-hydrogen) atoms. The number of ether oxygens (including phenoxy) is 1. The first-order chi connectivity index (χ1) is 15.2. The lowest BCUT2D eigenvalue weighted by Crippen LogP contribution is -2.52. The second kappa shape index (κ2) is 12.8. The van der Waals surface area contributed by atoms with E-state index in [4.69, 9.17) is 4.74 Å². The summed E-state index contributed by atoms with van der Waals surface area (Å²) in [5.41, 5.74) is -0.648. The largest absolute Gasteiger partial charge is 0.480 e. The minimum atomic E-state index is -1.02. The molecular formula is C24H43N3O6. The molecule has 0 bridgehead atoms. The van der Waals surface area contributed by atoms with Crippen molar-refractivity contribution in [3.63, 3.8) is 0 Å². The summed E-state index contributed by atoms with van der Waals surface area (Å²) in [7, 11) is 0. The van der Waals surface area contributed by atoms with Crippen LogP contribution in [-0.2, 0) is 19.1 Å². The third-order valence-electron chi connectivity index (χ3n) is 6.18. The molecule has 190 valence electrons. The zero-order chi connectivity index (χ0) is 25.3. The molecule has 1 fully saturated rings. The Morgan fingerprint density at radius 1 is 0.970 bits per heavy atom. The molecule has 3 amide bonds. The Balaban J connectivity index is 2.55. The zero-order valence-electron chi connectivity index (χ0n) is 21.2. The molecule has 1 rings (SSSR count). The van der Waals surface area contributed by atoms with Gasteiger partial charge in [0.1, 0.15) is 17.7 Å². The molecule has 1 aliphatic rings. The van der Waals surface area contributed by atoms with Gasteiger partial charge in [-0.2, -0.15) is 0 Å². The van der Waals surface area contributed by atoms with Gasteiger partial charge in [-0.15, -0.1) is 0 Å². The summed E-state index contributed by atoms with van der Waals surface area (Å²) in [6, 6.07) is -1.57. The number of rotatable bonds is 10. The maximum absolute atomic E-state index is 12.8. The maximum Gasteiger partial charge on any atom is 0.408 e. The van der Waals surface area contributed by atoms with Gasteiger partial charge >= 0.3 is 12.1 Å². The molecule has 1 saturated carbocycles. The van der Waals surface area contributed by atoms with Crippen molar-refractivity contribution in [3.05, 3.63) is 0 Å². The lowest BCUT2D eigenvalue weighted by molar-refractivity contribution is -0.144. The third kappa shape index (κ3) is 10.0. The van der Waals surface area contributed by atoms with Gasteiger partial charge in [0.2, 0.25) is 11.8 Å². The van der Waals surface area contributed by atoms with Gasteiger partial charge in [0.25, 0.3) is 0 Å². The van der Waals surface area contributed by atoms with Crippen molar-refractivity contribution in [1.82, 2.24) is 16.0 Å². The van der Waals surface area contributed by atoms with Crippen LogP contribution in [0.4, 0.5) is 4.79 Å². The highest BCUT2D eigenvalue weighted by molar-refractivity contribution is 5.86. The molecule has 1 aliphatic carbocycles. The highest BCUT2D eigenvalue weighted by Crippen LogP contribution is 2.29. The van der Waals surface area contributed by atoms with E-state index in [2.05, 4.69) is 16.0 Å². The van der Waals surface area contributed by atoms with Gasteiger partial charge in [0, 0.05) is 12.5 Å². The fourth-order valence-electron chi connectivity index (χ4n) is 3.90. The van der Waals surface area contributed by atoms with Gasteiger partial charge < -0.3 is 25.8 Å². The van der Waals surface area contributed by atoms with Crippen LogP contribution >= 0.6 is 0 Å². The van der Waals surface area contributed by atoms with Crippen LogP contribution in [0.2, 0.25) is 0 Å². The monoisotopic (exact) mass is 469 g/mol. The summed E-state index contributed by atoms with van der Waals surface area (Å²) in [6.07, 6.45) is 2.96. The summed E-state index contributed by atoms with van der Waals surface area (Å²) in [4.78, 5) is 48.8. The van der Waals surface area contributed by atoms with E-state index in [1.807, 2.05) is 13.8 Å². The van der Waals surface area contributed by atoms with Crippen LogP contribution < -0.4 is 16.0 Å². The van der Waals surface area contributed by atoms with Crippen molar-refractivity contribution in [3.8, 4) is 0 Å². The normalized spacial score (nSPS) is 21.5. The molecule has 0 spiro atoms. The van der Waals surface area contributed by atoms with Crippen LogP contribution in [0.15, 0.2) is 0 Å². The molecule has 0 aliphatic heterocycles. The minimum absolute atomic E-state index is 0.0555. The lowest BCUT2D eigenvalue weighted by atomic mass is 9.81. The minimum Gasteiger partial charge on any atom is -0.480 e.